The van der Waals surface area contributed by atoms with E-state index >= 15 is 0 Å². The first-order valence-corrected chi connectivity index (χ1v) is 5.91. The van der Waals surface area contributed by atoms with Crippen LogP contribution in [0.3, 0.4) is 0 Å². The standard InChI is InChI=1S/C14H21NO/c1-5-10(2)12-6-8-13(9-7-12)14(16)11(3)15-4/h6-11,15H,5H2,1-4H3. The number of hydrogen-bond donors (Lipinski definition) is 1. The Balaban J connectivity index is 2.82. The van der Waals surface area contributed by atoms with Gasteiger partial charge in [-0.1, -0.05) is 38.1 Å². The molecule has 88 valence electrons. The van der Waals surface area contributed by atoms with Gasteiger partial charge in [0, 0.05) is 5.56 Å². The van der Waals surface area contributed by atoms with Crippen molar-refractivity contribution in [3.63, 3.8) is 0 Å². The Labute approximate surface area is 98.1 Å². The van der Waals surface area contributed by atoms with Crippen LogP contribution in [0.4, 0.5) is 0 Å². The van der Waals surface area contributed by atoms with Crippen LogP contribution in [0, 0.1) is 0 Å². The van der Waals surface area contributed by atoms with Crippen molar-refractivity contribution in [3.8, 4) is 0 Å². The third kappa shape index (κ3) is 2.92. The van der Waals surface area contributed by atoms with Gasteiger partial charge in [-0.3, -0.25) is 4.79 Å². The quantitative estimate of drug-likeness (QED) is 0.771. The Bertz CT molecular complexity index is 342. The molecule has 0 bridgehead atoms. The van der Waals surface area contributed by atoms with Gasteiger partial charge in [0.2, 0.25) is 0 Å². The van der Waals surface area contributed by atoms with Gasteiger partial charge in [-0.2, -0.15) is 0 Å². The molecule has 1 rings (SSSR count). The van der Waals surface area contributed by atoms with Crippen LogP contribution in [-0.2, 0) is 0 Å². The zero-order valence-electron chi connectivity index (χ0n) is 10.6. The molecule has 0 saturated carbocycles. The number of carbonyl (C=O) groups excluding carboxylic acids is 1. The van der Waals surface area contributed by atoms with Crippen molar-refractivity contribution >= 4 is 5.78 Å². The van der Waals surface area contributed by atoms with Crippen LogP contribution in [0.15, 0.2) is 24.3 Å². The monoisotopic (exact) mass is 219 g/mol. The van der Waals surface area contributed by atoms with Gasteiger partial charge in [0.15, 0.2) is 5.78 Å². The molecule has 0 amide bonds. The molecule has 1 aromatic carbocycles. The molecule has 0 aliphatic heterocycles. The van der Waals surface area contributed by atoms with E-state index in [-0.39, 0.29) is 11.8 Å². The van der Waals surface area contributed by atoms with Gasteiger partial charge in [0.25, 0.3) is 0 Å². The molecule has 16 heavy (non-hydrogen) atoms. The molecule has 1 aromatic rings. The summed E-state index contributed by atoms with van der Waals surface area (Å²) in [5.74, 6) is 0.712. The lowest BCUT2D eigenvalue weighted by atomic mass is 9.96. The van der Waals surface area contributed by atoms with E-state index in [0.29, 0.717) is 5.92 Å². The molecule has 0 spiro atoms. The van der Waals surface area contributed by atoms with Crippen LogP contribution < -0.4 is 5.32 Å². The second-order valence-electron chi connectivity index (χ2n) is 4.31. The van der Waals surface area contributed by atoms with Crippen LogP contribution in [0.5, 0.6) is 0 Å². The maximum Gasteiger partial charge on any atom is 0.179 e. The molecular weight excluding hydrogens is 198 g/mol. The van der Waals surface area contributed by atoms with Gasteiger partial charge < -0.3 is 5.32 Å². The van der Waals surface area contributed by atoms with E-state index in [1.54, 1.807) is 7.05 Å². The summed E-state index contributed by atoms with van der Waals surface area (Å²) in [6, 6.07) is 7.86. The summed E-state index contributed by atoms with van der Waals surface area (Å²) < 4.78 is 0. The van der Waals surface area contributed by atoms with Crippen LogP contribution >= 0.6 is 0 Å². The highest BCUT2D eigenvalue weighted by Gasteiger charge is 2.13. The first kappa shape index (κ1) is 12.9. The Morgan fingerprint density at radius 1 is 1.25 bits per heavy atom. The Morgan fingerprint density at radius 3 is 2.25 bits per heavy atom. The van der Waals surface area contributed by atoms with E-state index in [2.05, 4.69) is 31.3 Å². The number of Topliss-reactive ketones (excluding diaryl/α,β-unsaturated/α-hetero) is 1. The van der Waals surface area contributed by atoms with Crippen molar-refractivity contribution in [2.75, 3.05) is 7.05 Å². The number of rotatable bonds is 5. The van der Waals surface area contributed by atoms with Crippen molar-refractivity contribution in [1.82, 2.24) is 5.32 Å². The summed E-state index contributed by atoms with van der Waals surface area (Å²) >= 11 is 0. The molecule has 2 atom stereocenters. The predicted octanol–water partition coefficient (Wildman–Crippen LogP) is 2.99. The summed E-state index contributed by atoms with van der Waals surface area (Å²) in [5.41, 5.74) is 2.09. The highest BCUT2D eigenvalue weighted by atomic mass is 16.1. The average Bonchev–Trinajstić information content (AvgIpc) is 2.36. The third-order valence-corrected chi connectivity index (χ3v) is 3.20. The normalized spacial score (nSPS) is 14.5. The highest BCUT2D eigenvalue weighted by molar-refractivity contribution is 5.99. The van der Waals surface area contributed by atoms with E-state index in [1.807, 2.05) is 19.1 Å². The van der Waals surface area contributed by atoms with E-state index in [1.165, 1.54) is 5.56 Å². The van der Waals surface area contributed by atoms with Gasteiger partial charge in [0.05, 0.1) is 6.04 Å². The summed E-state index contributed by atoms with van der Waals surface area (Å²) in [6.07, 6.45) is 1.13. The Kier molecular flexibility index (Phi) is 4.69. The van der Waals surface area contributed by atoms with E-state index in [4.69, 9.17) is 0 Å². The second kappa shape index (κ2) is 5.80. The maximum absolute atomic E-state index is 11.9. The fourth-order valence-electron chi connectivity index (χ4n) is 1.59. The number of hydrogen-bond acceptors (Lipinski definition) is 2. The first-order chi connectivity index (χ1) is 7.60. The molecule has 0 saturated heterocycles. The largest absolute Gasteiger partial charge is 0.310 e. The van der Waals surface area contributed by atoms with Gasteiger partial charge >= 0.3 is 0 Å². The number of carbonyl (C=O) groups is 1. The average molecular weight is 219 g/mol. The molecule has 0 aliphatic carbocycles. The number of likely N-dealkylation sites (N-methyl/N-ethyl adjacent to an activating group) is 1. The summed E-state index contributed by atoms with van der Waals surface area (Å²) in [7, 11) is 1.80. The predicted molar refractivity (Wildman–Crippen MR) is 68.0 cm³/mol. The fraction of sp³-hybridized carbons (Fsp3) is 0.500. The zero-order valence-corrected chi connectivity index (χ0v) is 10.6. The SMILES string of the molecule is CCC(C)c1ccc(C(=O)C(C)NC)cc1. The van der Waals surface area contributed by atoms with E-state index in [9.17, 15) is 4.79 Å². The van der Waals surface area contributed by atoms with E-state index < -0.39 is 0 Å². The smallest absolute Gasteiger partial charge is 0.179 e. The van der Waals surface area contributed by atoms with Gasteiger partial charge in [-0.15, -0.1) is 0 Å². The lowest BCUT2D eigenvalue weighted by molar-refractivity contribution is 0.0955. The molecular formula is C14H21NO. The topological polar surface area (TPSA) is 29.1 Å². The van der Waals surface area contributed by atoms with Gasteiger partial charge in [-0.25, -0.2) is 0 Å². The molecule has 0 aliphatic rings. The van der Waals surface area contributed by atoms with Crippen LogP contribution in [-0.4, -0.2) is 18.9 Å². The Morgan fingerprint density at radius 2 is 1.81 bits per heavy atom. The number of benzene rings is 1. The first-order valence-electron chi connectivity index (χ1n) is 5.91. The maximum atomic E-state index is 11.9. The molecule has 2 nitrogen and oxygen atoms in total. The summed E-state index contributed by atoms with van der Waals surface area (Å²) in [5, 5.41) is 2.96. The molecule has 1 N–H and O–H groups in total. The minimum Gasteiger partial charge on any atom is -0.310 e. The van der Waals surface area contributed by atoms with Crippen LogP contribution in [0.2, 0.25) is 0 Å². The minimum absolute atomic E-state index is 0.116. The van der Waals surface area contributed by atoms with Crippen LogP contribution in [0.1, 0.15) is 49.0 Å². The highest BCUT2D eigenvalue weighted by Crippen LogP contribution is 2.19. The Hall–Kier alpha value is -1.15. The van der Waals surface area contributed by atoms with Gasteiger partial charge in [0.1, 0.15) is 0 Å². The van der Waals surface area contributed by atoms with E-state index in [0.717, 1.165) is 12.0 Å². The zero-order chi connectivity index (χ0) is 12.1. The molecule has 0 radical (unpaired) electrons. The molecule has 2 heteroatoms. The fourth-order valence-corrected chi connectivity index (χ4v) is 1.59. The number of nitrogens with one attached hydrogen (secondary N) is 1. The van der Waals surface area contributed by atoms with Crippen molar-refractivity contribution < 1.29 is 4.79 Å². The van der Waals surface area contributed by atoms with Gasteiger partial charge in [-0.05, 0) is 31.9 Å². The van der Waals surface area contributed by atoms with Crippen molar-refractivity contribution in [3.05, 3.63) is 35.4 Å². The summed E-state index contributed by atoms with van der Waals surface area (Å²) in [4.78, 5) is 11.9. The molecule has 0 fully saturated rings. The third-order valence-electron chi connectivity index (χ3n) is 3.20. The number of ketones is 1. The molecule has 2 unspecified atom stereocenters. The van der Waals surface area contributed by atoms with Crippen molar-refractivity contribution in [2.45, 2.75) is 39.2 Å². The lowest BCUT2D eigenvalue weighted by Gasteiger charge is -2.11. The second-order valence-corrected chi connectivity index (χ2v) is 4.31. The van der Waals surface area contributed by atoms with Crippen LogP contribution in [0.25, 0.3) is 0 Å². The minimum atomic E-state index is -0.116. The lowest BCUT2D eigenvalue weighted by Crippen LogP contribution is -2.30. The van der Waals surface area contributed by atoms with Crippen molar-refractivity contribution in [1.29, 1.82) is 0 Å². The molecule has 0 aromatic heterocycles. The molecule has 0 heterocycles. The van der Waals surface area contributed by atoms with Crippen molar-refractivity contribution in [2.24, 2.45) is 0 Å². The summed E-state index contributed by atoms with van der Waals surface area (Å²) in [6.45, 7) is 6.25.